The Kier molecular flexibility index (Phi) is 8.01. The first-order valence-corrected chi connectivity index (χ1v) is 11.8. The maximum atomic E-state index is 13.6. The van der Waals surface area contributed by atoms with Gasteiger partial charge in [0.05, 0.1) is 11.9 Å². The summed E-state index contributed by atoms with van der Waals surface area (Å²) >= 11 is 5.28. The van der Waals surface area contributed by atoms with Gasteiger partial charge in [0.15, 0.2) is 10.9 Å². The number of halogens is 4. The van der Waals surface area contributed by atoms with E-state index in [9.17, 15) is 17.6 Å². The summed E-state index contributed by atoms with van der Waals surface area (Å²) < 4.78 is 55.9. The number of alkyl halides is 3. The third kappa shape index (κ3) is 7.13. The number of hydrogen-bond acceptors (Lipinski definition) is 5. The van der Waals surface area contributed by atoms with Crippen molar-refractivity contribution >= 4 is 29.2 Å². The van der Waals surface area contributed by atoms with E-state index in [4.69, 9.17) is 12.2 Å². The Morgan fingerprint density at radius 1 is 1.05 bits per heavy atom. The number of benzene rings is 3. The number of anilines is 1. The first-order valence-electron chi connectivity index (χ1n) is 11.4. The number of hydrogen-bond donors (Lipinski definition) is 2. The van der Waals surface area contributed by atoms with Crippen LogP contribution in [0.2, 0.25) is 0 Å². The molecule has 4 aromatic rings. The van der Waals surface area contributed by atoms with Crippen LogP contribution in [0.1, 0.15) is 30.9 Å². The average molecular weight is 543 g/mol. The highest BCUT2D eigenvalue weighted by Gasteiger charge is 2.31. The van der Waals surface area contributed by atoms with Gasteiger partial charge in [-0.1, -0.05) is 38.1 Å². The molecule has 1 aromatic heterocycles. The smallest absolute Gasteiger partial charge is 0.406 e. The molecule has 0 atom stereocenters. The number of rotatable bonds is 7. The van der Waals surface area contributed by atoms with Gasteiger partial charge in [-0.05, 0) is 71.7 Å². The number of aromatic nitrogens is 3. The molecule has 4 rings (SSSR count). The van der Waals surface area contributed by atoms with Crippen LogP contribution in [0.3, 0.4) is 0 Å². The predicted molar refractivity (Wildman–Crippen MR) is 141 cm³/mol. The number of thiocarbonyl (C=S) groups is 1. The lowest BCUT2D eigenvalue weighted by atomic mass is 10.0. The van der Waals surface area contributed by atoms with E-state index in [0.717, 1.165) is 16.7 Å². The van der Waals surface area contributed by atoms with Crippen LogP contribution in [-0.2, 0) is 0 Å². The minimum Gasteiger partial charge on any atom is -0.406 e. The molecule has 1 heterocycles. The van der Waals surface area contributed by atoms with Crippen molar-refractivity contribution in [1.82, 2.24) is 20.2 Å². The van der Waals surface area contributed by atoms with E-state index in [1.807, 2.05) is 38.1 Å². The van der Waals surface area contributed by atoms with Crippen molar-refractivity contribution in [2.24, 2.45) is 5.10 Å². The van der Waals surface area contributed by atoms with E-state index in [1.54, 1.807) is 12.3 Å². The van der Waals surface area contributed by atoms with Crippen molar-refractivity contribution in [1.29, 1.82) is 0 Å². The Balaban J connectivity index is 1.35. The fourth-order valence-electron chi connectivity index (χ4n) is 3.48. The van der Waals surface area contributed by atoms with E-state index >= 15 is 0 Å². The Hall–Kier alpha value is -4.32. The van der Waals surface area contributed by atoms with Gasteiger partial charge >= 0.3 is 6.36 Å². The van der Waals surface area contributed by atoms with Crippen molar-refractivity contribution in [3.8, 4) is 22.8 Å². The molecule has 0 radical (unpaired) electrons. The van der Waals surface area contributed by atoms with E-state index in [0.29, 0.717) is 17.2 Å². The quantitative estimate of drug-likeness (QED) is 0.122. The van der Waals surface area contributed by atoms with Gasteiger partial charge in [0.2, 0.25) is 0 Å². The van der Waals surface area contributed by atoms with Crippen molar-refractivity contribution < 1.29 is 22.3 Å². The number of nitrogens with zero attached hydrogens (tertiary/aromatic N) is 4. The van der Waals surface area contributed by atoms with Crippen molar-refractivity contribution in [3.05, 3.63) is 90.0 Å². The van der Waals surface area contributed by atoms with Gasteiger partial charge in [0.1, 0.15) is 17.9 Å². The topological polar surface area (TPSA) is 76.4 Å². The minimum absolute atomic E-state index is 0.109. The molecule has 2 N–H and O–H groups in total. The minimum atomic E-state index is -4.75. The van der Waals surface area contributed by atoms with Gasteiger partial charge in [0.25, 0.3) is 0 Å². The second-order valence-electron chi connectivity index (χ2n) is 8.39. The Labute approximate surface area is 221 Å². The zero-order valence-electron chi connectivity index (χ0n) is 20.2. The van der Waals surface area contributed by atoms with Crippen molar-refractivity contribution in [2.45, 2.75) is 26.1 Å². The third-order valence-electron chi connectivity index (χ3n) is 5.26. The van der Waals surface area contributed by atoms with Gasteiger partial charge in [-0.25, -0.2) is 14.1 Å². The fraction of sp³-hybridized carbons (Fsp3) is 0.154. The molecule has 0 spiro atoms. The molecule has 0 aliphatic carbocycles. The molecular formula is C26H22F4N6OS. The standard InChI is InChI=1S/C26H22F4N6OS/c1-16(2)22-13-19(27)7-12-23(22)33-25(38)34-32-14-17-3-5-18(6-4-17)24-31-15-36(35-24)20-8-10-21(11-9-20)37-26(28,29)30/h3-16H,1-2H3,(H2,33,34,38)/b32-14+. The molecule has 0 saturated heterocycles. The summed E-state index contributed by atoms with van der Waals surface area (Å²) in [5.41, 5.74) is 6.30. The highest BCUT2D eigenvalue weighted by molar-refractivity contribution is 7.80. The summed E-state index contributed by atoms with van der Waals surface area (Å²) in [5.74, 6) is -0.0824. The summed E-state index contributed by atoms with van der Waals surface area (Å²) in [6.07, 6.45) is -1.70. The van der Waals surface area contributed by atoms with Crippen LogP contribution in [0.25, 0.3) is 17.1 Å². The molecule has 196 valence electrons. The Morgan fingerprint density at radius 2 is 1.76 bits per heavy atom. The van der Waals surface area contributed by atoms with Crippen LogP contribution >= 0.6 is 12.2 Å². The number of nitrogens with one attached hydrogen (secondary N) is 2. The molecule has 12 heteroatoms. The second-order valence-corrected chi connectivity index (χ2v) is 8.80. The van der Waals surface area contributed by atoms with Crippen LogP contribution in [0.4, 0.5) is 23.2 Å². The summed E-state index contributed by atoms with van der Waals surface area (Å²) in [7, 11) is 0. The first kappa shape index (κ1) is 26.7. The largest absolute Gasteiger partial charge is 0.573 e. The molecule has 0 unspecified atom stereocenters. The van der Waals surface area contributed by atoms with Gasteiger partial charge in [-0.15, -0.1) is 18.3 Å². The van der Waals surface area contributed by atoms with E-state index in [2.05, 4.69) is 30.7 Å². The molecule has 0 fully saturated rings. The molecule has 3 aromatic carbocycles. The van der Waals surface area contributed by atoms with Crippen molar-refractivity contribution in [3.63, 3.8) is 0 Å². The van der Waals surface area contributed by atoms with Crippen LogP contribution in [0.15, 0.2) is 78.2 Å². The van der Waals surface area contributed by atoms with Crippen LogP contribution in [-0.4, -0.2) is 32.5 Å². The van der Waals surface area contributed by atoms with Crippen molar-refractivity contribution in [2.75, 3.05) is 5.32 Å². The van der Waals surface area contributed by atoms with Gasteiger partial charge in [-0.2, -0.15) is 5.10 Å². The van der Waals surface area contributed by atoms with Crippen LogP contribution in [0, 0.1) is 5.82 Å². The molecule has 0 bridgehead atoms. The molecule has 0 aliphatic rings. The zero-order chi connectivity index (χ0) is 27.3. The molecule has 0 aliphatic heterocycles. The Bertz CT molecular complexity index is 1430. The molecule has 7 nitrogen and oxygen atoms in total. The maximum Gasteiger partial charge on any atom is 0.573 e. The molecule has 0 saturated carbocycles. The lowest BCUT2D eigenvalue weighted by molar-refractivity contribution is -0.274. The normalized spacial score (nSPS) is 11.7. The number of hydrazone groups is 1. The van der Waals surface area contributed by atoms with E-state index < -0.39 is 6.36 Å². The zero-order valence-corrected chi connectivity index (χ0v) is 21.0. The maximum absolute atomic E-state index is 13.6. The van der Waals surface area contributed by atoms with Gasteiger partial charge in [-0.3, -0.25) is 5.43 Å². The van der Waals surface area contributed by atoms with Crippen LogP contribution < -0.4 is 15.5 Å². The van der Waals surface area contributed by atoms with Gasteiger partial charge < -0.3 is 10.1 Å². The van der Waals surface area contributed by atoms with E-state index in [-0.39, 0.29) is 22.6 Å². The monoisotopic (exact) mass is 542 g/mol. The first-order chi connectivity index (χ1) is 18.1. The van der Waals surface area contributed by atoms with E-state index in [1.165, 1.54) is 47.4 Å². The molecule has 38 heavy (non-hydrogen) atoms. The lowest BCUT2D eigenvalue weighted by Crippen LogP contribution is -2.24. The number of ether oxygens (including phenoxy) is 1. The Morgan fingerprint density at radius 3 is 2.42 bits per heavy atom. The summed E-state index contributed by atoms with van der Waals surface area (Å²) in [6.45, 7) is 3.93. The third-order valence-corrected chi connectivity index (χ3v) is 5.45. The van der Waals surface area contributed by atoms with Gasteiger partial charge in [0, 0.05) is 11.3 Å². The highest BCUT2D eigenvalue weighted by Crippen LogP contribution is 2.26. The summed E-state index contributed by atoms with van der Waals surface area (Å²) in [5, 5.41) is 11.8. The SMILES string of the molecule is CC(C)c1cc(F)ccc1NC(=S)N/N=C/c1ccc(-c2ncn(-c3ccc(OC(F)(F)F)cc3)n2)cc1. The molecular weight excluding hydrogens is 520 g/mol. The highest BCUT2D eigenvalue weighted by atomic mass is 32.1. The lowest BCUT2D eigenvalue weighted by Gasteiger charge is -2.14. The predicted octanol–water partition coefficient (Wildman–Crippen LogP) is 6.42. The summed E-state index contributed by atoms with van der Waals surface area (Å²) in [6, 6.07) is 17.0. The average Bonchev–Trinajstić information content (AvgIpc) is 3.35. The van der Waals surface area contributed by atoms with Crippen LogP contribution in [0.5, 0.6) is 5.75 Å². The summed E-state index contributed by atoms with van der Waals surface area (Å²) in [4.78, 5) is 4.27. The second kappa shape index (κ2) is 11.4. The fourth-order valence-corrected chi connectivity index (χ4v) is 3.64. The molecule has 0 amide bonds.